The Bertz CT molecular complexity index is 2230. The summed E-state index contributed by atoms with van der Waals surface area (Å²) in [5.74, 6) is -4.07. The lowest BCUT2D eigenvalue weighted by molar-refractivity contribution is 0.0696. The van der Waals surface area contributed by atoms with E-state index >= 15 is 0 Å². The first-order valence-electron chi connectivity index (χ1n) is 14.7. The Labute approximate surface area is 290 Å². The Morgan fingerprint density at radius 2 is 1.61 bits per heavy atom. The summed E-state index contributed by atoms with van der Waals surface area (Å²) >= 11 is 0. The van der Waals surface area contributed by atoms with Crippen LogP contribution < -0.4 is 15.9 Å². The highest BCUT2D eigenvalue weighted by Gasteiger charge is 2.30. The summed E-state index contributed by atoms with van der Waals surface area (Å²) in [5, 5.41) is 40.3. The number of carboxylic acid groups (broad SMARTS) is 2. The van der Waals surface area contributed by atoms with Crippen molar-refractivity contribution in [3.05, 3.63) is 58.0 Å². The van der Waals surface area contributed by atoms with Crippen molar-refractivity contribution in [2.24, 2.45) is 10.2 Å². The maximum Gasteiger partial charge on any atom is 0.351 e. The van der Waals surface area contributed by atoms with Gasteiger partial charge in [0.25, 0.3) is 10.1 Å². The number of rotatable bonds is 10. The largest absolute Gasteiger partial charge is 0.505 e. The molecule has 3 aromatic carbocycles. The van der Waals surface area contributed by atoms with Gasteiger partial charge in [-0.2, -0.15) is 23.5 Å². The quantitative estimate of drug-likeness (QED) is 0.0838. The van der Waals surface area contributed by atoms with Crippen LogP contribution in [0.3, 0.4) is 0 Å². The molecule has 0 spiro atoms. The molecule has 51 heavy (non-hydrogen) atoms. The van der Waals surface area contributed by atoms with Crippen LogP contribution in [-0.2, 0) is 14.3 Å². The number of nitrogens with zero attached hydrogens (tertiary/aromatic N) is 6. The Morgan fingerprint density at radius 1 is 0.961 bits per heavy atom. The topological polar surface area (TPSA) is 301 Å². The number of phenolic OH excluding ortho intramolecular Hbond substituents is 1. The lowest BCUT2D eigenvalue weighted by Crippen LogP contribution is -2.55. The van der Waals surface area contributed by atoms with Gasteiger partial charge in [-0.1, -0.05) is 0 Å². The highest BCUT2D eigenvalue weighted by atomic mass is 32.3. The van der Waals surface area contributed by atoms with E-state index in [2.05, 4.69) is 39.6 Å². The van der Waals surface area contributed by atoms with Crippen LogP contribution in [0, 0.1) is 0 Å². The Balaban J connectivity index is 1.73. The summed E-state index contributed by atoms with van der Waals surface area (Å²) in [7, 11) is -6.34. The molecule has 0 saturated carbocycles. The first-order chi connectivity index (χ1) is 23.8. The van der Waals surface area contributed by atoms with Gasteiger partial charge in [0.15, 0.2) is 5.75 Å². The Hall–Kier alpha value is -5.23. The number of benzene rings is 3. The van der Waals surface area contributed by atoms with Crippen molar-refractivity contribution in [2.75, 3.05) is 37.5 Å². The van der Waals surface area contributed by atoms with E-state index in [9.17, 15) is 51.8 Å². The summed E-state index contributed by atoms with van der Waals surface area (Å²) in [5.41, 5.74) is -3.12. The fraction of sp³-hybridized carbons (Fsp3) is 0.276. The average molecular weight is 749 g/mol. The molecule has 1 aliphatic rings. The summed E-state index contributed by atoms with van der Waals surface area (Å²) < 4.78 is 61.2. The van der Waals surface area contributed by atoms with Gasteiger partial charge < -0.3 is 39.2 Å². The maximum absolute atomic E-state index is 12.8. The summed E-state index contributed by atoms with van der Waals surface area (Å²) in [4.78, 5) is 49.3. The number of piperazine rings is 1. The third kappa shape index (κ3) is 7.75. The molecule has 0 aliphatic carbocycles. The fourth-order valence-corrected chi connectivity index (χ4v) is 6.80. The molecule has 0 radical (unpaired) electrons. The summed E-state index contributed by atoms with van der Waals surface area (Å²) in [6.45, 7) is 5.02. The van der Waals surface area contributed by atoms with Crippen LogP contribution in [0.15, 0.2) is 61.2 Å². The number of fused-ring (bicyclic) bond motifs is 1. The van der Waals surface area contributed by atoms with E-state index in [4.69, 9.17) is 0 Å². The van der Waals surface area contributed by atoms with Crippen molar-refractivity contribution in [2.45, 2.75) is 35.7 Å². The number of hydrogen-bond acceptors (Lipinski definition) is 17. The molecule has 0 amide bonds. The van der Waals surface area contributed by atoms with Crippen LogP contribution in [0.5, 0.6) is 5.75 Å². The Morgan fingerprint density at radius 3 is 2.20 bits per heavy atom. The van der Waals surface area contributed by atoms with Crippen LogP contribution in [0.2, 0.25) is 0 Å². The smallest absolute Gasteiger partial charge is 0.351 e. The van der Waals surface area contributed by atoms with Crippen LogP contribution in [-0.4, -0.2) is 109 Å². The number of azo groups is 1. The monoisotopic (exact) mass is 748 g/mol. The molecule has 2 heterocycles. The van der Waals surface area contributed by atoms with E-state index in [0.29, 0.717) is 13.1 Å². The zero-order valence-corrected chi connectivity index (χ0v) is 28.8. The molecule has 0 bridgehead atoms. The number of anilines is 3. The molecule has 2 atom stereocenters. The second-order valence-electron chi connectivity index (χ2n) is 11.6. The number of aromatic carboxylic acids is 2. The minimum atomic E-state index is -4.74. The van der Waals surface area contributed by atoms with Gasteiger partial charge in [-0.15, -0.1) is 5.11 Å². The van der Waals surface area contributed by atoms with Crippen LogP contribution >= 0.6 is 10.9 Å². The fourth-order valence-electron chi connectivity index (χ4n) is 5.39. The average Bonchev–Trinajstić information content (AvgIpc) is 3.04. The van der Waals surface area contributed by atoms with Crippen molar-refractivity contribution in [1.29, 1.82) is 0 Å². The van der Waals surface area contributed by atoms with Crippen LogP contribution in [0.1, 0.15) is 34.6 Å². The molecule has 8 N–H and O–H groups in total. The zero-order valence-electron chi connectivity index (χ0n) is 27.2. The van der Waals surface area contributed by atoms with Gasteiger partial charge in [0.2, 0.25) is 11.9 Å². The number of hydrogen-bond donors (Lipinski definition) is 8. The number of nitrogens with one attached hydrogen (secondary N) is 2. The second-order valence-corrected chi connectivity index (χ2v) is 14.8. The number of carbonyl (C=O) groups is 2. The predicted octanol–water partition coefficient (Wildman–Crippen LogP) is 4.03. The number of aromatic nitrogens is 3. The molecule has 1 saturated heterocycles. The van der Waals surface area contributed by atoms with E-state index in [-0.39, 0.29) is 46.1 Å². The maximum atomic E-state index is 12.8. The predicted molar refractivity (Wildman–Crippen MR) is 183 cm³/mol. The van der Waals surface area contributed by atoms with E-state index < -0.39 is 71.0 Å². The molecule has 5 rings (SSSR count). The Kier molecular flexibility index (Phi) is 10.0. The number of aromatic hydroxyl groups is 1. The van der Waals surface area contributed by atoms with Crippen LogP contribution in [0.25, 0.3) is 10.8 Å². The molecule has 1 aromatic heterocycles. The molecular formula is C29H32N8O12S2. The molecule has 20 nitrogen and oxygen atoms in total. The summed E-state index contributed by atoms with van der Waals surface area (Å²) in [6.07, 6.45) is 0. The number of carboxylic acids is 2. The normalized spacial score (nSPS) is 17.6. The molecule has 1 fully saturated rings. The third-order valence-electron chi connectivity index (χ3n) is 8.05. The van der Waals surface area contributed by atoms with Crippen molar-refractivity contribution in [3.8, 4) is 5.75 Å². The first-order valence-corrected chi connectivity index (χ1v) is 17.6. The van der Waals surface area contributed by atoms with Gasteiger partial charge in [-0.3, -0.25) is 14.1 Å². The molecule has 272 valence electrons. The zero-order chi connectivity index (χ0) is 37.6. The van der Waals surface area contributed by atoms with E-state index in [1.807, 2.05) is 25.8 Å². The van der Waals surface area contributed by atoms with E-state index in [0.717, 1.165) is 43.5 Å². The third-order valence-corrected chi connectivity index (χ3v) is 10.2. The lowest BCUT2D eigenvalue weighted by atomic mass is 10.1. The standard InChI is InChI=1S/C29H32N8O12S2/c1-13-12-37(14(2)11-36(13)3)28-31-27(32-29(43)33-28)30-20-10-19(51(47,48)49-4)8-15-9-21(50(44,45)46)23(24(38)22(15)20)35-34-18-6-16(25(39)40)5-17(7-18)26(41)42/h5-10,13-14,38,44-46H,11-12H2,1-4H3,(H,39,40)(H,41,42)(H2,30,31,32,33,43). The summed E-state index contributed by atoms with van der Waals surface area (Å²) in [6, 6.07) is 5.66. The molecule has 2 unspecified atom stereocenters. The SMILES string of the molecule is COS(=O)(=O)c1cc(Nc2nc(N3CC(C)N(C)CC3C)nc(=O)[nH]2)c2c(O)c(N=Nc3cc(C(=O)O)cc(C(=O)O)c3)c(S(O)(O)O)cc2c1. The highest BCUT2D eigenvalue weighted by Crippen LogP contribution is 2.55. The van der Waals surface area contributed by atoms with Crippen molar-refractivity contribution in [1.82, 2.24) is 19.9 Å². The minimum Gasteiger partial charge on any atom is -0.505 e. The second kappa shape index (κ2) is 13.8. The van der Waals surface area contributed by atoms with E-state index in [1.54, 1.807) is 0 Å². The number of aromatic amines is 1. The number of phenols is 1. The van der Waals surface area contributed by atoms with Gasteiger partial charge in [-0.25, -0.2) is 14.4 Å². The lowest BCUT2D eigenvalue weighted by Gasteiger charge is -2.42. The van der Waals surface area contributed by atoms with Gasteiger partial charge in [0, 0.05) is 30.6 Å². The van der Waals surface area contributed by atoms with Crippen molar-refractivity contribution < 1.29 is 51.2 Å². The molecule has 1 aliphatic heterocycles. The number of H-pyrrole nitrogens is 1. The van der Waals surface area contributed by atoms with Gasteiger partial charge in [0.05, 0.1) is 39.4 Å². The van der Waals surface area contributed by atoms with Crippen LogP contribution in [0.4, 0.5) is 29.0 Å². The first kappa shape index (κ1) is 37.0. The van der Waals surface area contributed by atoms with Gasteiger partial charge in [-0.05, 0) is 62.7 Å². The molecule has 4 aromatic rings. The van der Waals surface area contributed by atoms with Crippen molar-refractivity contribution >= 4 is 72.7 Å². The molecular weight excluding hydrogens is 716 g/mol. The minimum absolute atomic E-state index is 0.0539. The highest BCUT2D eigenvalue weighted by molar-refractivity contribution is 8.19. The van der Waals surface area contributed by atoms with Gasteiger partial charge >= 0.3 is 17.6 Å². The van der Waals surface area contributed by atoms with E-state index in [1.165, 1.54) is 0 Å². The number of likely N-dealkylation sites (N-methyl/N-ethyl adjacent to an activating group) is 1. The van der Waals surface area contributed by atoms with Gasteiger partial charge in [0.1, 0.15) is 16.6 Å². The van der Waals surface area contributed by atoms with Crippen molar-refractivity contribution in [3.63, 3.8) is 0 Å². The molecule has 22 heteroatoms.